The molecule has 0 atom stereocenters. The number of nitrogens with zero attached hydrogens (tertiary/aromatic N) is 3. The Bertz CT molecular complexity index is 945. The minimum atomic E-state index is 0.113. The highest BCUT2D eigenvalue weighted by molar-refractivity contribution is 6.32. The van der Waals surface area contributed by atoms with E-state index >= 15 is 0 Å². The molecule has 2 heterocycles. The number of hydrogen-bond donors (Lipinski definition) is 0. The van der Waals surface area contributed by atoms with Crippen LogP contribution in [0.2, 0.25) is 5.02 Å². The molecule has 4 rings (SSSR count). The van der Waals surface area contributed by atoms with Crippen LogP contribution in [-0.4, -0.2) is 46.9 Å². The van der Waals surface area contributed by atoms with Crippen molar-refractivity contribution in [3.05, 3.63) is 76.9 Å². The van der Waals surface area contributed by atoms with Crippen LogP contribution in [0.15, 0.2) is 60.8 Å². The zero-order valence-corrected chi connectivity index (χ0v) is 15.9. The third kappa shape index (κ3) is 3.97. The van der Waals surface area contributed by atoms with Gasteiger partial charge >= 0.3 is 0 Å². The molecule has 0 aliphatic carbocycles. The van der Waals surface area contributed by atoms with Gasteiger partial charge in [-0.25, -0.2) is 0 Å². The zero-order chi connectivity index (χ0) is 18.6. The molecule has 3 aromatic rings. The van der Waals surface area contributed by atoms with Gasteiger partial charge < -0.3 is 4.90 Å². The fourth-order valence-corrected chi connectivity index (χ4v) is 3.86. The second kappa shape index (κ2) is 8.07. The smallest absolute Gasteiger partial charge is 0.253 e. The summed E-state index contributed by atoms with van der Waals surface area (Å²) in [4.78, 5) is 21.6. The standard InChI is InChI=1S/C22H22ClN3O/c23-20-10-9-17-8-4-11-24-21(17)19(20)16-25-12-5-13-26(15-14-25)22(27)18-6-2-1-3-7-18/h1-4,6-11H,5,12-16H2. The quantitative estimate of drug-likeness (QED) is 0.683. The Morgan fingerprint density at radius 3 is 2.67 bits per heavy atom. The van der Waals surface area contributed by atoms with Gasteiger partial charge in [-0.15, -0.1) is 0 Å². The summed E-state index contributed by atoms with van der Waals surface area (Å²) < 4.78 is 0. The van der Waals surface area contributed by atoms with E-state index in [0.717, 1.165) is 66.2 Å². The van der Waals surface area contributed by atoms with Crippen LogP contribution in [0.4, 0.5) is 0 Å². The Hall–Kier alpha value is -2.43. The van der Waals surface area contributed by atoms with Gasteiger partial charge in [-0.1, -0.05) is 41.9 Å². The molecule has 0 unspecified atom stereocenters. The van der Waals surface area contributed by atoms with Gasteiger partial charge in [-0.2, -0.15) is 0 Å². The topological polar surface area (TPSA) is 36.4 Å². The number of rotatable bonds is 3. The van der Waals surface area contributed by atoms with E-state index < -0.39 is 0 Å². The van der Waals surface area contributed by atoms with E-state index in [4.69, 9.17) is 11.6 Å². The molecule has 0 N–H and O–H groups in total. The van der Waals surface area contributed by atoms with Crippen molar-refractivity contribution in [1.82, 2.24) is 14.8 Å². The number of fused-ring (bicyclic) bond motifs is 1. The molecule has 2 aromatic carbocycles. The lowest BCUT2D eigenvalue weighted by Gasteiger charge is -2.23. The maximum atomic E-state index is 12.7. The van der Waals surface area contributed by atoms with Gasteiger partial charge in [0.2, 0.25) is 0 Å². The molecule has 0 radical (unpaired) electrons. The van der Waals surface area contributed by atoms with E-state index in [2.05, 4.69) is 16.0 Å². The maximum Gasteiger partial charge on any atom is 0.253 e. The molecule has 1 aliphatic rings. The van der Waals surface area contributed by atoms with Gasteiger partial charge in [-0.3, -0.25) is 14.7 Å². The number of pyridine rings is 1. The van der Waals surface area contributed by atoms with Crippen LogP contribution in [0.3, 0.4) is 0 Å². The first-order valence-corrected chi connectivity index (χ1v) is 9.69. The van der Waals surface area contributed by atoms with Crippen LogP contribution in [0.5, 0.6) is 0 Å². The minimum Gasteiger partial charge on any atom is -0.337 e. The monoisotopic (exact) mass is 379 g/mol. The highest BCUT2D eigenvalue weighted by Gasteiger charge is 2.21. The van der Waals surface area contributed by atoms with Gasteiger partial charge in [0.25, 0.3) is 5.91 Å². The van der Waals surface area contributed by atoms with Gasteiger partial charge in [0.1, 0.15) is 0 Å². The fraction of sp³-hybridized carbons (Fsp3) is 0.273. The van der Waals surface area contributed by atoms with Crippen LogP contribution < -0.4 is 0 Å². The number of halogens is 1. The van der Waals surface area contributed by atoms with Crippen LogP contribution in [0.25, 0.3) is 10.9 Å². The maximum absolute atomic E-state index is 12.7. The molecule has 4 nitrogen and oxygen atoms in total. The third-order valence-electron chi connectivity index (χ3n) is 5.10. The Balaban J connectivity index is 1.48. The predicted octanol–water partition coefficient (Wildman–Crippen LogP) is 4.24. The average Bonchev–Trinajstić information content (AvgIpc) is 2.96. The van der Waals surface area contributed by atoms with Crippen molar-refractivity contribution < 1.29 is 4.79 Å². The predicted molar refractivity (Wildman–Crippen MR) is 109 cm³/mol. The van der Waals surface area contributed by atoms with Crippen molar-refractivity contribution in [3.63, 3.8) is 0 Å². The molecule has 1 saturated heterocycles. The molecule has 1 fully saturated rings. The zero-order valence-electron chi connectivity index (χ0n) is 15.1. The van der Waals surface area contributed by atoms with Gasteiger partial charge in [0.15, 0.2) is 0 Å². The van der Waals surface area contributed by atoms with E-state index in [1.165, 1.54) is 0 Å². The van der Waals surface area contributed by atoms with Crippen molar-refractivity contribution in [2.75, 3.05) is 26.2 Å². The Labute approximate surface area is 164 Å². The summed E-state index contributed by atoms with van der Waals surface area (Å²) >= 11 is 6.49. The SMILES string of the molecule is O=C(c1ccccc1)N1CCCN(Cc2c(Cl)ccc3cccnc23)CC1. The fourth-order valence-electron chi connectivity index (χ4n) is 3.65. The summed E-state index contributed by atoms with van der Waals surface area (Å²) in [6.07, 6.45) is 2.76. The molecule has 0 spiro atoms. The third-order valence-corrected chi connectivity index (χ3v) is 5.45. The van der Waals surface area contributed by atoms with E-state index in [0.29, 0.717) is 0 Å². The largest absolute Gasteiger partial charge is 0.337 e. The molecular formula is C22H22ClN3O. The Morgan fingerprint density at radius 2 is 1.81 bits per heavy atom. The average molecular weight is 380 g/mol. The molecule has 0 saturated carbocycles. The second-order valence-electron chi connectivity index (χ2n) is 6.89. The molecule has 1 aliphatic heterocycles. The minimum absolute atomic E-state index is 0.113. The summed E-state index contributed by atoms with van der Waals surface area (Å²) in [5.41, 5.74) is 2.79. The number of carbonyl (C=O) groups excluding carboxylic acids is 1. The number of carbonyl (C=O) groups is 1. The summed E-state index contributed by atoms with van der Waals surface area (Å²) in [5.74, 6) is 0.113. The normalized spacial score (nSPS) is 15.7. The highest BCUT2D eigenvalue weighted by atomic mass is 35.5. The van der Waals surface area contributed by atoms with Crippen molar-refractivity contribution in [1.29, 1.82) is 0 Å². The van der Waals surface area contributed by atoms with Crippen molar-refractivity contribution in [2.24, 2.45) is 0 Å². The van der Waals surface area contributed by atoms with Crippen molar-refractivity contribution in [2.45, 2.75) is 13.0 Å². The number of benzene rings is 2. The molecule has 1 aromatic heterocycles. The van der Waals surface area contributed by atoms with Crippen LogP contribution in [0.1, 0.15) is 22.3 Å². The lowest BCUT2D eigenvalue weighted by Crippen LogP contribution is -2.35. The number of amides is 1. The lowest BCUT2D eigenvalue weighted by molar-refractivity contribution is 0.0761. The molecule has 5 heteroatoms. The molecule has 0 bridgehead atoms. The van der Waals surface area contributed by atoms with Crippen molar-refractivity contribution >= 4 is 28.4 Å². The summed E-state index contributed by atoms with van der Waals surface area (Å²) in [5, 5.41) is 1.86. The van der Waals surface area contributed by atoms with Crippen LogP contribution in [0, 0.1) is 0 Å². The Morgan fingerprint density at radius 1 is 0.963 bits per heavy atom. The number of hydrogen-bond acceptors (Lipinski definition) is 3. The highest BCUT2D eigenvalue weighted by Crippen LogP contribution is 2.26. The van der Waals surface area contributed by atoms with E-state index in [1.807, 2.05) is 59.6 Å². The van der Waals surface area contributed by atoms with Gasteiger partial charge in [0, 0.05) is 60.5 Å². The van der Waals surface area contributed by atoms with Gasteiger partial charge in [0.05, 0.1) is 5.52 Å². The first kappa shape index (κ1) is 18.0. The van der Waals surface area contributed by atoms with Gasteiger partial charge in [-0.05, 0) is 30.7 Å². The molecule has 1 amide bonds. The molecular weight excluding hydrogens is 358 g/mol. The summed E-state index contributed by atoms with van der Waals surface area (Å²) in [6, 6.07) is 17.5. The second-order valence-corrected chi connectivity index (χ2v) is 7.30. The molecule has 138 valence electrons. The lowest BCUT2D eigenvalue weighted by atomic mass is 10.1. The summed E-state index contributed by atoms with van der Waals surface area (Å²) in [6.45, 7) is 4.03. The Kier molecular flexibility index (Phi) is 5.37. The van der Waals surface area contributed by atoms with E-state index in [-0.39, 0.29) is 5.91 Å². The van der Waals surface area contributed by atoms with Crippen molar-refractivity contribution in [3.8, 4) is 0 Å². The van der Waals surface area contributed by atoms with Crippen LogP contribution in [-0.2, 0) is 6.54 Å². The summed E-state index contributed by atoms with van der Waals surface area (Å²) in [7, 11) is 0. The first-order valence-electron chi connectivity index (χ1n) is 9.31. The molecule has 27 heavy (non-hydrogen) atoms. The van der Waals surface area contributed by atoms with E-state index in [1.54, 1.807) is 0 Å². The van der Waals surface area contributed by atoms with E-state index in [9.17, 15) is 4.79 Å². The first-order chi connectivity index (χ1) is 13.2. The number of aromatic nitrogens is 1. The van der Waals surface area contributed by atoms with Crippen LogP contribution >= 0.6 is 11.6 Å².